The Morgan fingerprint density at radius 2 is 1.17 bits per heavy atom. The second-order valence-corrected chi connectivity index (χ2v) is 7.54. The van der Waals surface area contributed by atoms with Gasteiger partial charge in [-0.2, -0.15) is 0 Å². The fraction of sp³-hybridized carbons (Fsp3) is 0.720. The lowest BCUT2D eigenvalue weighted by molar-refractivity contribution is 0.0951. The molecule has 0 saturated carbocycles. The predicted molar refractivity (Wildman–Crippen MR) is 124 cm³/mol. The fourth-order valence-electron chi connectivity index (χ4n) is 3.44. The van der Waals surface area contributed by atoms with Crippen LogP contribution in [0.1, 0.15) is 102 Å². The van der Waals surface area contributed by atoms with E-state index in [9.17, 15) is 4.79 Å². The number of unbranched alkanes of at least 4 members (excludes halogenated alkanes) is 9. The van der Waals surface area contributed by atoms with Crippen LogP contribution in [0, 0.1) is 0 Å². The van der Waals surface area contributed by atoms with Crippen LogP contribution in [0.3, 0.4) is 0 Å². The number of carbonyl (C=O) groups is 1. The van der Waals surface area contributed by atoms with Crippen molar-refractivity contribution in [2.24, 2.45) is 0 Å². The number of rotatable bonds is 18. The van der Waals surface area contributed by atoms with Gasteiger partial charge in [0.15, 0.2) is 11.5 Å². The summed E-state index contributed by atoms with van der Waals surface area (Å²) in [5, 5.41) is 3.02. The maximum atomic E-state index is 12.6. The summed E-state index contributed by atoms with van der Waals surface area (Å²) >= 11 is 0. The van der Waals surface area contributed by atoms with Gasteiger partial charge in [0.2, 0.25) is 5.75 Å². The number of benzene rings is 1. The summed E-state index contributed by atoms with van der Waals surface area (Å²) in [5.41, 5.74) is 0.539. The molecule has 5 heteroatoms. The van der Waals surface area contributed by atoms with Gasteiger partial charge < -0.3 is 19.5 Å². The maximum Gasteiger partial charge on any atom is 0.251 e. The summed E-state index contributed by atoms with van der Waals surface area (Å²) in [6.07, 6.45) is 12.8. The molecule has 1 aromatic rings. The molecule has 0 fully saturated rings. The van der Waals surface area contributed by atoms with Crippen LogP contribution >= 0.6 is 0 Å². The van der Waals surface area contributed by atoms with Crippen molar-refractivity contribution in [1.82, 2.24) is 5.32 Å². The second-order valence-electron chi connectivity index (χ2n) is 7.54. The van der Waals surface area contributed by atoms with E-state index in [1.54, 1.807) is 12.1 Å². The molecule has 0 heterocycles. The van der Waals surface area contributed by atoms with Crippen LogP contribution in [0.25, 0.3) is 0 Å². The van der Waals surface area contributed by atoms with Crippen molar-refractivity contribution in [3.05, 3.63) is 17.7 Å². The Morgan fingerprint density at radius 1 is 0.700 bits per heavy atom. The highest BCUT2D eigenvalue weighted by atomic mass is 16.5. The van der Waals surface area contributed by atoms with Crippen LogP contribution in [0.4, 0.5) is 0 Å². The Bertz CT molecular complexity index is 562. The average Bonchev–Trinajstić information content (AvgIpc) is 2.74. The Morgan fingerprint density at radius 3 is 1.63 bits per heavy atom. The zero-order chi connectivity index (χ0) is 22.0. The summed E-state index contributed by atoms with van der Waals surface area (Å²) in [7, 11) is 0. The van der Waals surface area contributed by atoms with Gasteiger partial charge >= 0.3 is 0 Å². The molecule has 0 aliphatic heterocycles. The number of nitrogens with one attached hydrogen (secondary N) is 1. The van der Waals surface area contributed by atoms with Crippen molar-refractivity contribution in [1.29, 1.82) is 0 Å². The summed E-state index contributed by atoms with van der Waals surface area (Å²) in [6.45, 7) is 10.2. The summed E-state index contributed by atoms with van der Waals surface area (Å²) < 4.78 is 17.1. The van der Waals surface area contributed by atoms with Gasteiger partial charge in [0, 0.05) is 12.1 Å². The number of hydrogen-bond acceptors (Lipinski definition) is 4. The Kier molecular flexibility index (Phi) is 14.7. The topological polar surface area (TPSA) is 56.8 Å². The van der Waals surface area contributed by atoms with Crippen LogP contribution in [0.2, 0.25) is 0 Å². The molecule has 172 valence electrons. The average molecular weight is 422 g/mol. The number of amides is 1. The zero-order valence-electron chi connectivity index (χ0n) is 19.7. The summed E-state index contributed by atoms with van der Waals surface area (Å²) in [5.74, 6) is 1.56. The van der Waals surface area contributed by atoms with Gasteiger partial charge in [0.05, 0.1) is 19.8 Å². The largest absolute Gasteiger partial charge is 0.490 e. The van der Waals surface area contributed by atoms with Crippen LogP contribution in [-0.4, -0.2) is 32.3 Å². The van der Waals surface area contributed by atoms with E-state index in [-0.39, 0.29) is 5.91 Å². The van der Waals surface area contributed by atoms with Crippen LogP contribution in [0.5, 0.6) is 17.2 Å². The van der Waals surface area contributed by atoms with Gasteiger partial charge in [-0.05, 0) is 39.3 Å². The van der Waals surface area contributed by atoms with E-state index in [0.717, 1.165) is 12.8 Å². The predicted octanol–water partition coefficient (Wildman–Crippen LogP) is 6.53. The van der Waals surface area contributed by atoms with Crippen LogP contribution < -0.4 is 19.5 Å². The molecule has 0 aromatic heterocycles. The molecule has 0 aliphatic rings. The lowest BCUT2D eigenvalue weighted by atomic mass is 10.1. The first kappa shape index (κ1) is 26.1. The first-order chi connectivity index (χ1) is 14.7. The van der Waals surface area contributed by atoms with E-state index in [2.05, 4.69) is 12.2 Å². The molecule has 5 nitrogen and oxygen atoms in total. The molecule has 0 radical (unpaired) electrons. The van der Waals surface area contributed by atoms with Gasteiger partial charge in [0.1, 0.15) is 0 Å². The molecular formula is C25H43NO4. The van der Waals surface area contributed by atoms with Gasteiger partial charge in [0.25, 0.3) is 5.91 Å². The van der Waals surface area contributed by atoms with E-state index < -0.39 is 0 Å². The minimum atomic E-state index is -0.101. The third kappa shape index (κ3) is 10.2. The monoisotopic (exact) mass is 421 g/mol. The highest BCUT2D eigenvalue weighted by Crippen LogP contribution is 2.39. The van der Waals surface area contributed by atoms with Crippen molar-refractivity contribution in [3.8, 4) is 17.2 Å². The lowest BCUT2D eigenvalue weighted by Crippen LogP contribution is -2.24. The molecule has 1 amide bonds. The fourth-order valence-corrected chi connectivity index (χ4v) is 3.44. The highest BCUT2D eigenvalue weighted by molar-refractivity contribution is 5.95. The van der Waals surface area contributed by atoms with Crippen molar-refractivity contribution in [3.63, 3.8) is 0 Å². The van der Waals surface area contributed by atoms with Gasteiger partial charge in [-0.3, -0.25) is 4.79 Å². The van der Waals surface area contributed by atoms with E-state index in [1.165, 1.54) is 51.4 Å². The molecule has 0 bridgehead atoms. The molecule has 0 spiro atoms. The Hall–Kier alpha value is -1.91. The Balaban J connectivity index is 2.43. The number of carbonyl (C=O) groups excluding carboxylic acids is 1. The molecule has 1 aromatic carbocycles. The number of hydrogen-bond donors (Lipinski definition) is 1. The van der Waals surface area contributed by atoms with E-state index in [1.807, 2.05) is 20.8 Å². The normalized spacial score (nSPS) is 10.7. The van der Waals surface area contributed by atoms with E-state index >= 15 is 0 Å². The van der Waals surface area contributed by atoms with E-state index in [4.69, 9.17) is 14.2 Å². The molecule has 0 atom stereocenters. The number of ether oxygens (including phenoxy) is 3. The minimum Gasteiger partial charge on any atom is -0.490 e. The van der Waals surface area contributed by atoms with Gasteiger partial charge in [-0.1, -0.05) is 64.7 Å². The second kappa shape index (κ2) is 16.8. The smallest absolute Gasteiger partial charge is 0.251 e. The quantitative estimate of drug-likeness (QED) is 0.274. The Labute approximate surface area is 183 Å². The third-order valence-corrected chi connectivity index (χ3v) is 4.99. The standard InChI is InChI=1S/C25H43NO4/c1-5-9-10-11-12-13-14-15-16-17-18-26-25(27)21-19-22(28-6-2)24(30-8-4)23(20-21)29-7-3/h19-20H,5-18H2,1-4H3,(H,26,27). The molecule has 0 aliphatic carbocycles. The molecule has 0 saturated heterocycles. The molecule has 0 unspecified atom stereocenters. The molecular weight excluding hydrogens is 378 g/mol. The van der Waals surface area contributed by atoms with Crippen molar-refractivity contribution < 1.29 is 19.0 Å². The molecule has 1 rings (SSSR count). The lowest BCUT2D eigenvalue weighted by Gasteiger charge is -2.17. The first-order valence-electron chi connectivity index (χ1n) is 12.0. The van der Waals surface area contributed by atoms with Crippen molar-refractivity contribution >= 4 is 5.91 Å². The minimum absolute atomic E-state index is 0.101. The van der Waals surface area contributed by atoms with Crippen molar-refractivity contribution in [2.45, 2.75) is 91.9 Å². The third-order valence-electron chi connectivity index (χ3n) is 4.99. The first-order valence-corrected chi connectivity index (χ1v) is 12.0. The van der Waals surface area contributed by atoms with Gasteiger partial charge in [-0.25, -0.2) is 0 Å². The van der Waals surface area contributed by atoms with E-state index in [0.29, 0.717) is 49.2 Å². The maximum absolute atomic E-state index is 12.6. The van der Waals surface area contributed by atoms with Crippen LogP contribution in [0.15, 0.2) is 12.1 Å². The van der Waals surface area contributed by atoms with Crippen LogP contribution in [-0.2, 0) is 0 Å². The highest BCUT2D eigenvalue weighted by Gasteiger charge is 2.18. The molecule has 30 heavy (non-hydrogen) atoms. The molecule has 1 N–H and O–H groups in total. The zero-order valence-corrected chi connectivity index (χ0v) is 19.7. The SMILES string of the molecule is CCCCCCCCCCCCNC(=O)c1cc(OCC)c(OCC)c(OCC)c1. The van der Waals surface area contributed by atoms with Crippen molar-refractivity contribution in [2.75, 3.05) is 26.4 Å². The van der Waals surface area contributed by atoms with Gasteiger partial charge in [-0.15, -0.1) is 0 Å². The summed E-state index contributed by atoms with van der Waals surface area (Å²) in [4.78, 5) is 12.6. The summed E-state index contributed by atoms with van der Waals surface area (Å²) in [6, 6.07) is 3.48.